The number of aliphatic hydroxyl groups is 1. The van der Waals surface area contributed by atoms with Crippen LogP contribution in [0, 0.1) is 17.8 Å². The molecule has 29 heavy (non-hydrogen) atoms. The van der Waals surface area contributed by atoms with Crippen molar-refractivity contribution in [2.75, 3.05) is 0 Å². The van der Waals surface area contributed by atoms with E-state index in [4.69, 9.17) is 32.5 Å². The number of rotatable bonds is 5. The van der Waals surface area contributed by atoms with Crippen LogP contribution < -0.4 is 0 Å². The van der Waals surface area contributed by atoms with Gasteiger partial charge in [0.2, 0.25) is 0 Å². The van der Waals surface area contributed by atoms with E-state index in [2.05, 4.69) is 5.16 Å². The standard InChI is InChI=1S/C23H25Cl2NO3/c24-17-2-1-3-18(25)19(17)20-16(22(29-26-20)13-4-5-13)11-28-23-8-12-6-14(9-23)21(27)15(7-12)10-23/h1-3,12-15,21,27H,4-11H2/t12?,14?,15?,21-,23+. The summed E-state index contributed by atoms with van der Waals surface area (Å²) >= 11 is 13.0. The molecule has 0 aliphatic heterocycles. The summed E-state index contributed by atoms with van der Waals surface area (Å²) in [5.74, 6) is 2.84. The Morgan fingerprint density at radius 3 is 2.45 bits per heavy atom. The van der Waals surface area contributed by atoms with E-state index in [9.17, 15) is 5.11 Å². The molecular formula is C23H25Cl2NO3. The molecule has 5 aliphatic rings. The van der Waals surface area contributed by atoms with E-state index in [1.165, 1.54) is 0 Å². The van der Waals surface area contributed by atoms with E-state index >= 15 is 0 Å². The SMILES string of the molecule is O[C@H]1C2CC3CC1C[C@@](OCc1c(-c4c(Cl)cccc4Cl)noc1C1CC1)(C3)C2. The Hall–Kier alpha value is -1.07. The molecule has 5 fully saturated rings. The first-order valence-corrected chi connectivity index (χ1v) is 11.5. The van der Waals surface area contributed by atoms with Crippen molar-refractivity contribution in [1.82, 2.24) is 5.16 Å². The largest absolute Gasteiger partial charge is 0.393 e. The van der Waals surface area contributed by atoms with Gasteiger partial charge in [0, 0.05) is 17.0 Å². The number of hydrogen-bond donors (Lipinski definition) is 1. The smallest absolute Gasteiger partial charge is 0.145 e. The van der Waals surface area contributed by atoms with Crippen molar-refractivity contribution in [1.29, 1.82) is 0 Å². The molecule has 7 rings (SSSR count). The first-order chi connectivity index (χ1) is 14.0. The van der Waals surface area contributed by atoms with Gasteiger partial charge in [-0.15, -0.1) is 0 Å². The molecule has 0 saturated heterocycles. The molecule has 6 heteroatoms. The van der Waals surface area contributed by atoms with E-state index in [0.717, 1.165) is 61.8 Å². The van der Waals surface area contributed by atoms with Gasteiger partial charge in [-0.3, -0.25) is 0 Å². The Bertz CT molecular complexity index is 917. The Labute approximate surface area is 180 Å². The summed E-state index contributed by atoms with van der Waals surface area (Å²) in [5, 5.41) is 16.1. The second-order valence-corrected chi connectivity index (χ2v) is 10.5. The van der Waals surface area contributed by atoms with Crippen molar-refractivity contribution >= 4 is 23.2 Å². The maximum atomic E-state index is 10.6. The third-order valence-electron chi connectivity index (χ3n) is 7.66. The molecule has 5 saturated carbocycles. The van der Waals surface area contributed by atoms with Crippen molar-refractivity contribution in [2.24, 2.45) is 17.8 Å². The number of aromatic nitrogens is 1. The topological polar surface area (TPSA) is 55.5 Å². The lowest BCUT2D eigenvalue weighted by Crippen LogP contribution is -2.57. The van der Waals surface area contributed by atoms with Crippen molar-refractivity contribution in [2.45, 2.75) is 69.2 Å². The number of halogens is 2. The highest BCUT2D eigenvalue weighted by molar-refractivity contribution is 6.39. The molecule has 2 atom stereocenters. The summed E-state index contributed by atoms with van der Waals surface area (Å²) in [6.07, 6.45) is 7.47. The lowest BCUT2D eigenvalue weighted by molar-refractivity contribution is -0.205. The lowest BCUT2D eigenvalue weighted by atomic mass is 9.53. The van der Waals surface area contributed by atoms with Crippen molar-refractivity contribution < 1.29 is 14.4 Å². The molecule has 4 bridgehead atoms. The summed E-state index contributed by atoms with van der Waals surface area (Å²) in [6, 6.07) is 5.51. The molecule has 154 valence electrons. The minimum Gasteiger partial charge on any atom is -0.393 e. The molecule has 0 spiro atoms. The van der Waals surface area contributed by atoms with Gasteiger partial charge in [0.25, 0.3) is 0 Å². The summed E-state index contributed by atoms with van der Waals surface area (Å²) in [7, 11) is 0. The number of ether oxygens (including phenoxy) is 1. The van der Waals surface area contributed by atoms with Crippen molar-refractivity contribution in [3.8, 4) is 11.3 Å². The lowest BCUT2D eigenvalue weighted by Gasteiger charge is -2.58. The predicted octanol–water partition coefficient (Wildman–Crippen LogP) is 5.98. The van der Waals surface area contributed by atoms with E-state index in [0.29, 0.717) is 46.0 Å². The van der Waals surface area contributed by atoms with Gasteiger partial charge >= 0.3 is 0 Å². The monoisotopic (exact) mass is 433 g/mol. The average molecular weight is 434 g/mol. The van der Waals surface area contributed by atoms with Crippen LogP contribution >= 0.6 is 23.2 Å². The molecule has 4 nitrogen and oxygen atoms in total. The van der Waals surface area contributed by atoms with E-state index in [-0.39, 0.29) is 11.7 Å². The fourth-order valence-electron chi connectivity index (χ4n) is 6.37. The van der Waals surface area contributed by atoms with Crippen LogP contribution in [0.2, 0.25) is 10.0 Å². The minimum absolute atomic E-state index is 0.116. The van der Waals surface area contributed by atoms with Gasteiger partial charge in [0.15, 0.2) is 0 Å². The van der Waals surface area contributed by atoms with Gasteiger partial charge in [-0.1, -0.05) is 34.4 Å². The highest BCUT2D eigenvalue weighted by Crippen LogP contribution is 2.57. The van der Waals surface area contributed by atoms with Gasteiger partial charge < -0.3 is 14.4 Å². The fraction of sp³-hybridized carbons (Fsp3) is 0.609. The number of nitrogens with zero attached hydrogens (tertiary/aromatic N) is 1. The Kier molecular flexibility index (Phi) is 4.32. The van der Waals surface area contributed by atoms with Crippen LogP contribution in [0.1, 0.15) is 62.2 Å². The van der Waals surface area contributed by atoms with Gasteiger partial charge in [0.1, 0.15) is 11.5 Å². The second kappa shape index (κ2) is 6.71. The third-order valence-corrected chi connectivity index (χ3v) is 8.29. The third kappa shape index (κ3) is 3.06. The normalized spacial score (nSPS) is 35.4. The van der Waals surface area contributed by atoms with Crippen molar-refractivity contribution in [3.05, 3.63) is 39.6 Å². The summed E-state index contributed by atoms with van der Waals surface area (Å²) < 4.78 is 12.5. The zero-order chi connectivity index (χ0) is 19.8. The Balaban J connectivity index is 1.33. The Morgan fingerprint density at radius 1 is 1.10 bits per heavy atom. The van der Waals surface area contributed by atoms with E-state index in [1.54, 1.807) is 0 Å². The van der Waals surface area contributed by atoms with Crippen LogP contribution in [0.15, 0.2) is 22.7 Å². The highest BCUT2D eigenvalue weighted by atomic mass is 35.5. The molecular weight excluding hydrogens is 409 g/mol. The van der Waals surface area contributed by atoms with Gasteiger partial charge in [-0.05, 0) is 74.8 Å². The van der Waals surface area contributed by atoms with Crippen LogP contribution in [0.4, 0.5) is 0 Å². The van der Waals surface area contributed by atoms with Crippen LogP contribution in [0.5, 0.6) is 0 Å². The Morgan fingerprint density at radius 2 is 1.79 bits per heavy atom. The fourth-order valence-corrected chi connectivity index (χ4v) is 6.95. The van der Waals surface area contributed by atoms with Crippen LogP contribution in [-0.2, 0) is 11.3 Å². The van der Waals surface area contributed by atoms with Crippen LogP contribution in [-0.4, -0.2) is 22.0 Å². The molecule has 0 amide bonds. The van der Waals surface area contributed by atoms with E-state index < -0.39 is 0 Å². The van der Waals surface area contributed by atoms with Crippen LogP contribution in [0.3, 0.4) is 0 Å². The molecule has 1 N–H and O–H groups in total. The molecule has 2 unspecified atom stereocenters. The van der Waals surface area contributed by atoms with Crippen LogP contribution in [0.25, 0.3) is 11.3 Å². The minimum atomic E-state index is -0.140. The molecule has 0 radical (unpaired) electrons. The molecule has 1 aromatic heterocycles. The van der Waals surface area contributed by atoms with Gasteiger partial charge in [0.05, 0.1) is 28.4 Å². The molecule has 1 heterocycles. The maximum absolute atomic E-state index is 10.6. The highest BCUT2D eigenvalue weighted by Gasteiger charge is 2.55. The second-order valence-electron chi connectivity index (χ2n) is 9.68. The predicted molar refractivity (Wildman–Crippen MR) is 111 cm³/mol. The quantitative estimate of drug-likeness (QED) is 0.629. The number of aliphatic hydroxyl groups excluding tert-OH is 1. The summed E-state index contributed by atoms with van der Waals surface area (Å²) in [4.78, 5) is 0. The van der Waals surface area contributed by atoms with E-state index in [1.807, 2.05) is 18.2 Å². The summed E-state index contributed by atoms with van der Waals surface area (Å²) in [6.45, 7) is 0.467. The zero-order valence-corrected chi connectivity index (χ0v) is 17.8. The first kappa shape index (κ1) is 18.7. The first-order valence-electron chi connectivity index (χ1n) is 10.8. The van der Waals surface area contributed by atoms with Gasteiger partial charge in [-0.2, -0.15) is 0 Å². The average Bonchev–Trinajstić information content (AvgIpc) is 3.44. The maximum Gasteiger partial charge on any atom is 0.145 e. The number of benzene rings is 1. The van der Waals surface area contributed by atoms with Gasteiger partial charge in [-0.25, -0.2) is 0 Å². The van der Waals surface area contributed by atoms with Crippen molar-refractivity contribution in [3.63, 3.8) is 0 Å². The number of hydrogen-bond acceptors (Lipinski definition) is 4. The zero-order valence-electron chi connectivity index (χ0n) is 16.2. The molecule has 2 aromatic rings. The molecule has 5 aliphatic carbocycles. The molecule has 1 aromatic carbocycles. The summed E-state index contributed by atoms with van der Waals surface area (Å²) in [5.41, 5.74) is 2.33.